The Labute approximate surface area is 387 Å². The molecular weight excluding hydrogens is 831 g/mol. The normalized spacial score (nSPS) is 10.4. The van der Waals surface area contributed by atoms with Crippen LogP contribution in [0.2, 0.25) is 0 Å². The predicted molar refractivity (Wildman–Crippen MR) is 252 cm³/mol. The first kappa shape index (κ1) is 46.4. The Balaban J connectivity index is 0.000000158. The van der Waals surface area contributed by atoms with E-state index in [9.17, 15) is 0 Å². The van der Waals surface area contributed by atoms with Crippen LogP contribution in [0.15, 0.2) is 184 Å². The Kier molecular flexibility index (Phi) is 17.7. The molecular formula is C54H51FeN9. The third-order valence-corrected chi connectivity index (χ3v) is 10.4. The molecule has 0 saturated carbocycles. The van der Waals surface area contributed by atoms with Crippen molar-refractivity contribution in [3.05, 3.63) is 234 Å². The van der Waals surface area contributed by atoms with Crippen LogP contribution in [0, 0.1) is 20.8 Å². The van der Waals surface area contributed by atoms with Crippen LogP contribution in [0.3, 0.4) is 0 Å². The number of aromatic nitrogens is 9. The molecule has 0 fully saturated rings. The molecule has 0 aromatic carbocycles. The van der Waals surface area contributed by atoms with Crippen LogP contribution in [0.25, 0.3) is 34.2 Å². The van der Waals surface area contributed by atoms with Crippen molar-refractivity contribution in [2.24, 2.45) is 0 Å². The first-order valence-corrected chi connectivity index (χ1v) is 21.2. The molecule has 9 nitrogen and oxygen atoms in total. The SMILES string of the molecule is Cc1ccnc(-c2cc(CCc3ccncc3)ccn2)c1.Cc1ccnc(-c2cc(CCc3ccncc3)ccn2)c1.Cc1ccnc(-c2cc(CCc3ccncc3)ccn2)c1.[Fe]. The van der Waals surface area contributed by atoms with Gasteiger partial charge in [0.2, 0.25) is 0 Å². The van der Waals surface area contributed by atoms with E-state index in [1.165, 1.54) is 50.1 Å². The average Bonchev–Trinajstić information content (AvgIpc) is 3.34. The van der Waals surface area contributed by atoms with E-state index >= 15 is 0 Å². The summed E-state index contributed by atoms with van der Waals surface area (Å²) < 4.78 is 0. The molecule has 9 aromatic rings. The molecule has 9 rings (SSSR count). The fourth-order valence-electron chi connectivity index (χ4n) is 6.85. The smallest absolute Gasteiger partial charge is 0.0888 e. The molecule has 0 bridgehead atoms. The van der Waals surface area contributed by atoms with Gasteiger partial charge in [0.1, 0.15) is 0 Å². The van der Waals surface area contributed by atoms with E-state index in [1.54, 1.807) is 0 Å². The number of pyridine rings is 9. The summed E-state index contributed by atoms with van der Waals surface area (Å²) in [6, 6.07) is 37.1. The van der Waals surface area contributed by atoms with Gasteiger partial charge in [0.05, 0.1) is 34.2 Å². The fraction of sp³-hybridized carbons (Fsp3) is 0.167. The van der Waals surface area contributed by atoms with Crippen LogP contribution < -0.4 is 0 Å². The predicted octanol–water partition coefficient (Wildman–Crippen LogP) is 10.9. The molecule has 0 radical (unpaired) electrons. The number of nitrogens with zero attached hydrogens (tertiary/aromatic N) is 9. The van der Waals surface area contributed by atoms with Crippen molar-refractivity contribution in [3.63, 3.8) is 0 Å². The van der Waals surface area contributed by atoms with Gasteiger partial charge in [-0.1, -0.05) is 0 Å². The number of aryl methyl sites for hydroxylation is 9. The van der Waals surface area contributed by atoms with E-state index in [1.807, 2.05) is 92.6 Å². The van der Waals surface area contributed by atoms with Gasteiger partial charge in [0.15, 0.2) is 0 Å². The van der Waals surface area contributed by atoms with Gasteiger partial charge in [0, 0.05) is 91.4 Å². The fourth-order valence-corrected chi connectivity index (χ4v) is 6.85. The summed E-state index contributed by atoms with van der Waals surface area (Å²) in [6.07, 6.45) is 28.1. The van der Waals surface area contributed by atoms with E-state index in [0.29, 0.717) is 0 Å². The average molecular weight is 882 g/mol. The van der Waals surface area contributed by atoms with Gasteiger partial charge in [-0.15, -0.1) is 0 Å². The van der Waals surface area contributed by atoms with Crippen molar-refractivity contribution >= 4 is 0 Å². The molecule has 0 amide bonds. The summed E-state index contributed by atoms with van der Waals surface area (Å²) in [5, 5.41) is 0. The van der Waals surface area contributed by atoms with Crippen LogP contribution in [0.4, 0.5) is 0 Å². The van der Waals surface area contributed by atoms with Crippen molar-refractivity contribution in [1.82, 2.24) is 44.9 Å². The van der Waals surface area contributed by atoms with Gasteiger partial charge in [-0.3, -0.25) is 44.9 Å². The van der Waals surface area contributed by atoms with E-state index in [4.69, 9.17) is 0 Å². The second kappa shape index (κ2) is 24.5. The zero-order chi connectivity index (χ0) is 43.5. The van der Waals surface area contributed by atoms with Crippen molar-refractivity contribution in [3.8, 4) is 34.2 Å². The summed E-state index contributed by atoms with van der Waals surface area (Å²) in [4.78, 5) is 38.6. The first-order chi connectivity index (χ1) is 30.9. The molecule has 0 saturated heterocycles. The monoisotopic (exact) mass is 881 g/mol. The topological polar surface area (TPSA) is 116 Å². The zero-order valence-electron chi connectivity index (χ0n) is 36.4. The van der Waals surface area contributed by atoms with Gasteiger partial charge >= 0.3 is 0 Å². The van der Waals surface area contributed by atoms with Gasteiger partial charge in [-0.2, -0.15) is 0 Å². The Hall–Kier alpha value is -7.13. The molecule has 0 N–H and O–H groups in total. The van der Waals surface area contributed by atoms with Gasteiger partial charge in [-0.25, -0.2) is 0 Å². The van der Waals surface area contributed by atoms with Crippen LogP contribution >= 0.6 is 0 Å². The Morgan fingerprint density at radius 2 is 0.453 bits per heavy atom. The van der Waals surface area contributed by atoms with Crippen LogP contribution in [0.5, 0.6) is 0 Å². The van der Waals surface area contributed by atoms with Crippen LogP contribution in [0.1, 0.15) is 50.1 Å². The largest absolute Gasteiger partial charge is 0.265 e. The Morgan fingerprint density at radius 1 is 0.250 bits per heavy atom. The van der Waals surface area contributed by atoms with Crippen LogP contribution in [-0.2, 0) is 55.6 Å². The van der Waals surface area contributed by atoms with Crippen molar-refractivity contribution < 1.29 is 17.1 Å². The second-order valence-electron chi connectivity index (χ2n) is 15.4. The van der Waals surface area contributed by atoms with Crippen molar-refractivity contribution in [1.29, 1.82) is 0 Å². The maximum absolute atomic E-state index is 4.43. The third kappa shape index (κ3) is 14.8. The van der Waals surface area contributed by atoms with E-state index in [0.717, 1.165) is 72.7 Å². The number of rotatable bonds is 12. The molecule has 0 atom stereocenters. The molecule has 320 valence electrons. The quantitative estimate of drug-likeness (QED) is 0.111. The maximum Gasteiger partial charge on any atom is 0.0888 e. The summed E-state index contributed by atoms with van der Waals surface area (Å²) in [5.74, 6) is 0. The minimum atomic E-state index is 0. The minimum absolute atomic E-state index is 0. The Morgan fingerprint density at radius 3 is 0.703 bits per heavy atom. The molecule has 0 aliphatic rings. The van der Waals surface area contributed by atoms with Crippen molar-refractivity contribution in [2.45, 2.75) is 59.3 Å². The molecule has 0 unspecified atom stereocenters. The number of hydrogen-bond donors (Lipinski definition) is 0. The molecule has 9 aromatic heterocycles. The molecule has 10 heteroatoms. The second-order valence-corrected chi connectivity index (χ2v) is 15.4. The van der Waals surface area contributed by atoms with Crippen molar-refractivity contribution in [2.75, 3.05) is 0 Å². The molecule has 64 heavy (non-hydrogen) atoms. The summed E-state index contributed by atoms with van der Waals surface area (Å²) in [5.41, 5.74) is 16.9. The van der Waals surface area contributed by atoms with Gasteiger partial charge in [-0.05, 0) is 219 Å². The molecule has 9 heterocycles. The van der Waals surface area contributed by atoms with E-state index < -0.39 is 0 Å². The Bertz CT molecular complexity index is 2480. The molecule has 0 aliphatic heterocycles. The third-order valence-electron chi connectivity index (χ3n) is 10.4. The molecule has 0 aliphatic carbocycles. The summed E-state index contributed by atoms with van der Waals surface area (Å²) in [6.45, 7) is 6.20. The minimum Gasteiger partial charge on any atom is -0.265 e. The van der Waals surface area contributed by atoms with E-state index in [2.05, 4.69) is 157 Å². The van der Waals surface area contributed by atoms with Gasteiger partial charge in [0.25, 0.3) is 0 Å². The summed E-state index contributed by atoms with van der Waals surface area (Å²) >= 11 is 0. The van der Waals surface area contributed by atoms with E-state index in [-0.39, 0.29) is 17.1 Å². The number of hydrogen-bond acceptors (Lipinski definition) is 9. The zero-order valence-corrected chi connectivity index (χ0v) is 37.5. The standard InChI is InChI=1S/3C18H17N3.Fe/c3*1-14-4-10-20-17(12-14)18-13-16(7-11-21-18)3-2-15-5-8-19-9-6-15;/h3*4-13H,2-3H2,1H3;. The summed E-state index contributed by atoms with van der Waals surface area (Å²) in [7, 11) is 0. The van der Waals surface area contributed by atoms with Crippen LogP contribution in [-0.4, -0.2) is 44.9 Å². The van der Waals surface area contributed by atoms with Gasteiger partial charge < -0.3 is 0 Å². The maximum atomic E-state index is 4.43. The first-order valence-electron chi connectivity index (χ1n) is 21.2. The molecule has 0 spiro atoms.